The maximum atomic E-state index is 13.4. The fourth-order valence-corrected chi connectivity index (χ4v) is 3.79. The Balaban J connectivity index is 2.05. The highest BCUT2D eigenvalue weighted by molar-refractivity contribution is 6.02. The van der Waals surface area contributed by atoms with E-state index in [0.29, 0.717) is 28.0 Å². The second kappa shape index (κ2) is 8.43. The van der Waals surface area contributed by atoms with Crippen LogP contribution >= 0.6 is 0 Å². The molecule has 0 aliphatic rings. The molecule has 0 aliphatic heterocycles. The summed E-state index contributed by atoms with van der Waals surface area (Å²) in [6, 6.07) is 19.0. The van der Waals surface area contributed by atoms with E-state index in [0.717, 1.165) is 5.56 Å². The van der Waals surface area contributed by atoms with Gasteiger partial charge in [0.2, 0.25) is 0 Å². The maximum Gasteiger partial charge on any atom is 0.270 e. The molecular formula is C24H21N3O5. The number of pyridine rings is 1. The van der Waals surface area contributed by atoms with Crippen LogP contribution in [0.2, 0.25) is 0 Å². The fraction of sp³-hybridized carbons (Fsp3) is 0.125. The molecule has 0 saturated heterocycles. The molecule has 0 aliphatic carbocycles. The number of rotatable bonds is 6. The number of anilines is 1. The lowest BCUT2D eigenvalue weighted by Crippen LogP contribution is -2.24. The molecule has 0 saturated carbocycles. The van der Waals surface area contributed by atoms with Gasteiger partial charge in [-0.2, -0.15) is 0 Å². The van der Waals surface area contributed by atoms with Gasteiger partial charge < -0.3 is 15.2 Å². The van der Waals surface area contributed by atoms with Gasteiger partial charge in [0.05, 0.1) is 31.1 Å². The van der Waals surface area contributed by atoms with Crippen molar-refractivity contribution in [3.05, 3.63) is 92.8 Å². The largest absolute Gasteiger partial charge is 0.493 e. The molecule has 8 heteroatoms. The lowest BCUT2D eigenvalue weighted by atomic mass is 9.98. The zero-order chi connectivity index (χ0) is 22.8. The minimum absolute atomic E-state index is 0.163. The minimum Gasteiger partial charge on any atom is -0.493 e. The van der Waals surface area contributed by atoms with E-state index in [1.165, 1.54) is 23.8 Å². The highest BCUT2D eigenvalue weighted by Crippen LogP contribution is 2.38. The number of benzene rings is 3. The smallest absolute Gasteiger partial charge is 0.270 e. The number of nitrogens with two attached hydrogens (primary N) is 1. The van der Waals surface area contributed by atoms with E-state index < -0.39 is 10.5 Å². The summed E-state index contributed by atoms with van der Waals surface area (Å²) in [4.78, 5) is 24.2. The molecule has 0 atom stereocenters. The summed E-state index contributed by atoms with van der Waals surface area (Å²) in [5.74, 6) is 1.31. The van der Waals surface area contributed by atoms with Crippen molar-refractivity contribution in [3.63, 3.8) is 0 Å². The number of methoxy groups -OCH3 is 2. The van der Waals surface area contributed by atoms with Crippen LogP contribution in [0.1, 0.15) is 5.56 Å². The number of ether oxygens (including phenoxy) is 2. The molecule has 0 fully saturated rings. The highest BCUT2D eigenvalue weighted by atomic mass is 16.6. The topological polar surface area (TPSA) is 110 Å². The van der Waals surface area contributed by atoms with Gasteiger partial charge in [-0.15, -0.1) is 0 Å². The normalized spacial score (nSPS) is 10.8. The van der Waals surface area contributed by atoms with Crippen LogP contribution in [0.4, 0.5) is 11.5 Å². The maximum absolute atomic E-state index is 13.4. The second-order valence-electron chi connectivity index (χ2n) is 7.19. The first-order valence-electron chi connectivity index (χ1n) is 9.81. The number of nitrogen functional groups attached to an aromatic ring is 1. The third-order valence-corrected chi connectivity index (χ3v) is 5.36. The molecule has 2 N–H and O–H groups in total. The second-order valence-corrected chi connectivity index (χ2v) is 7.19. The third kappa shape index (κ3) is 3.62. The SMILES string of the molecule is COc1ccc(-c2c(N)n(Cc3ccccc3)c(=O)c3cc([N+](=O)[O-])ccc23)cc1OC. The van der Waals surface area contributed by atoms with Gasteiger partial charge in [-0.3, -0.25) is 19.5 Å². The zero-order valence-electron chi connectivity index (χ0n) is 17.6. The molecule has 1 heterocycles. The molecule has 0 bridgehead atoms. The number of nitro groups is 1. The number of nitro benzene ring substituents is 1. The summed E-state index contributed by atoms with van der Waals surface area (Å²) in [7, 11) is 3.07. The van der Waals surface area contributed by atoms with Crippen LogP contribution in [0.3, 0.4) is 0 Å². The van der Waals surface area contributed by atoms with Crippen molar-refractivity contribution >= 4 is 22.3 Å². The molecule has 32 heavy (non-hydrogen) atoms. The van der Waals surface area contributed by atoms with Crippen molar-refractivity contribution in [1.29, 1.82) is 0 Å². The van der Waals surface area contributed by atoms with Gasteiger partial charge in [-0.1, -0.05) is 36.4 Å². The molecule has 0 amide bonds. The molecule has 3 aromatic carbocycles. The van der Waals surface area contributed by atoms with Gasteiger partial charge in [-0.25, -0.2) is 0 Å². The zero-order valence-corrected chi connectivity index (χ0v) is 17.6. The Morgan fingerprint density at radius 2 is 1.66 bits per heavy atom. The number of non-ortho nitro benzene ring substituents is 1. The molecule has 4 aromatic rings. The van der Waals surface area contributed by atoms with Gasteiger partial charge in [-0.05, 0) is 34.7 Å². The van der Waals surface area contributed by atoms with Crippen LogP contribution < -0.4 is 20.8 Å². The monoisotopic (exact) mass is 431 g/mol. The molecule has 0 radical (unpaired) electrons. The summed E-state index contributed by atoms with van der Waals surface area (Å²) >= 11 is 0. The first kappa shape index (κ1) is 20.9. The molecule has 0 unspecified atom stereocenters. The average molecular weight is 431 g/mol. The van der Waals surface area contributed by atoms with E-state index in [1.807, 2.05) is 36.4 Å². The summed E-state index contributed by atoms with van der Waals surface area (Å²) < 4.78 is 12.2. The van der Waals surface area contributed by atoms with Crippen molar-refractivity contribution in [2.45, 2.75) is 6.54 Å². The number of hydrogen-bond acceptors (Lipinski definition) is 6. The Morgan fingerprint density at radius 3 is 2.31 bits per heavy atom. The van der Waals surface area contributed by atoms with Gasteiger partial charge in [0, 0.05) is 17.7 Å². The van der Waals surface area contributed by atoms with Crippen molar-refractivity contribution in [1.82, 2.24) is 4.57 Å². The van der Waals surface area contributed by atoms with Crippen LogP contribution in [-0.4, -0.2) is 23.7 Å². The Kier molecular flexibility index (Phi) is 5.51. The summed E-state index contributed by atoms with van der Waals surface area (Å²) in [6.45, 7) is 0.227. The predicted molar refractivity (Wildman–Crippen MR) is 123 cm³/mol. The van der Waals surface area contributed by atoms with Crippen LogP contribution in [0.5, 0.6) is 11.5 Å². The molecule has 1 aromatic heterocycles. The first-order valence-corrected chi connectivity index (χ1v) is 9.81. The fourth-order valence-electron chi connectivity index (χ4n) is 3.79. The van der Waals surface area contributed by atoms with Crippen LogP contribution in [0.15, 0.2) is 71.5 Å². The first-order chi connectivity index (χ1) is 15.4. The Hall–Kier alpha value is -4.33. The van der Waals surface area contributed by atoms with Crippen LogP contribution in [0, 0.1) is 10.1 Å². The van der Waals surface area contributed by atoms with Crippen molar-refractivity contribution in [2.75, 3.05) is 20.0 Å². The van der Waals surface area contributed by atoms with Gasteiger partial charge in [0.25, 0.3) is 11.2 Å². The predicted octanol–water partition coefficient (Wildman–Crippen LogP) is 4.22. The summed E-state index contributed by atoms with van der Waals surface area (Å²) in [5.41, 5.74) is 8.15. The molecule has 8 nitrogen and oxygen atoms in total. The average Bonchev–Trinajstić information content (AvgIpc) is 2.82. The van der Waals surface area contributed by atoms with Crippen molar-refractivity contribution in [3.8, 4) is 22.6 Å². The number of nitrogens with zero attached hydrogens (tertiary/aromatic N) is 2. The Morgan fingerprint density at radius 1 is 0.938 bits per heavy atom. The number of hydrogen-bond donors (Lipinski definition) is 1. The Bertz CT molecular complexity index is 1380. The molecule has 4 rings (SSSR count). The number of fused-ring (bicyclic) bond motifs is 1. The van der Waals surface area contributed by atoms with Gasteiger partial charge >= 0.3 is 0 Å². The van der Waals surface area contributed by atoms with Gasteiger partial charge in [0.15, 0.2) is 11.5 Å². The Labute approximate surface area is 183 Å². The van der Waals surface area contributed by atoms with Crippen molar-refractivity contribution in [2.24, 2.45) is 0 Å². The molecule has 162 valence electrons. The lowest BCUT2D eigenvalue weighted by Gasteiger charge is -2.18. The van der Waals surface area contributed by atoms with E-state index in [1.54, 1.807) is 25.3 Å². The highest BCUT2D eigenvalue weighted by Gasteiger charge is 2.20. The van der Waals surface area contributed by atoms with Gasteiger partial charge in [0.1, 0.15) is 5.82 Å². The lowest BCUT2D eigenvalue weighted by molar-refractivity contribution is -0.384. The molecular weight excluding hydrogens is 410 g/mol. The third-order valence-electron chi connectivity index (χ3n) is 5.36. The molecule has 0 spiro atoms. The quantitative estimate of drug-likeness (QED) is 0.361. The van der Waals surface area contributed by atoms with E-state index >= 15 is 0 Å². The van der Waals surface area contributed by atoms with E-state index in [9.17, 15) is 14.9 Å². The minimum atomic E-state index is -0.521. The van der Waals surface area contributed by atoms with E-state index in [4.69, 9.17) is 15.2 Å². The van der Waals surface area contributed by atoms with Crippen molar-refractivity contribution < 1.29 is 14.4 Å². The summed E-state index contributed by atoms with van der Waals surface area (Å²) in [6.07, 6.45) is 0. The van der Waals surface area contributed by atoms with Crippen LogP contribution in [0.25, 0.3) is 21.9 Å². The van der Waals surface area contributed by atoms with E-state index in [-0.39, 0.29) is 23.4 Å². The van der Waals surface area contributed by atoms with Crippen LogP contribution in [-0.2, 0) is 6.54 Å². The summed E-state index contributed by atoms with van der Waals surface area (Å²) in [5, 5.41) is 12.1. The number of aromatic nitrogens is 1. The standard InChI is InChI=1S/C24H21N3O5/c1-31-20-11-8-16(12-21(20)32-2)22-18-10-9-17(27(29)30)13-19(18)24(28)26(23(22)25)14-15-6-4-3-5-7-15/h3-13H,14,25H2,1-2H3. The van der Waals surface area contributed by atoms with E-state index in [2.05, 4.69) is 0 Å².